The highest BCUT2D eigenvalue weighted by Gasteiger charge is 2.26. The first kappa shape index (κ1) is 17.3. The third kappa shape index (κ3) is 3.76. The molecule has 130 valence electrons. The van der Waals surface area contributed by atoms with Gasteiger partial charge in [0.15, 0.2) is 5.13 Å². The van der Waals surface area contributed by atoms with Crippen LogP contribution in [0.5, 0.6) is 0 Å². The van der Waals surface area contributed by atoms with Gasteiger partial charge in [0, 0.05) is 24.0 Å². The van der Waals surface area contributed by atoms with Gasteiger partial charge in [0.1, 0.15) is 6.23 Å². The molecule has 1 saturated heterocycles. The summed E-state index contributed by atoms with van der Waals surface area (Å²) >= 11 is 1.38. The molecule has 1 aliphatic rings. The second kappa shape index (κ2) is 7.16. The van der Waals surface area contributed by atoms with Gasteiger partial charge in [0.25, 0.3) is 0 Å². The molecule has 1 aromatic carbocycles. The molecule has 0 radical (unpaired) electrons. The molecule has 2 N–H and O–H groups in total. The standard InChI is InChI=1S/C15H19N3O4S2/c1-11(19)16-15-17-14(10-23-15)12-2-4-13(5-3-12)24(20,21)18-6-8-22-9-7-18/h2-5,10-11,19H,6-9H2,1H3,(H,16,17). The maximum atomic E-state index is 12.6. The number of anilines is 1. The minimum atomic E-state index is -3.48. The second-order valence-electron chi connectivity index (χ2n) is 5.40. The maximum absolute atomic E-state index is 12.6. The fourth-order valence-corrected chi connectivity index (χ4v) is 4.59. The average Bonchev–Trinajstić information content (AvgIpc) is 3.03. The molecule has 1 aliphatic heterocycles. The molecule has 3 rings (SSSR count). The smallest absolute Gasteiger partial charge is 0.243 e. The Hall–Kier alpha value is -1.52. The van der Waals surface area contributed by atoms with Gasteiger partial charge in [-0.15, -0.1) is 11.3 Å². The molecule has 0 saturated carbocycles. The Balaban J connectivity index is 1.79. The van der Waals surface area contributed by atoms with Gasteiger partial charge in [-0.1, -0.05) is 12.1 Å². The molecule has 1 fully saturated rings. The lowest BCUT2D eigenvalue weighted by Crippen LogP contribution is -2.40. The van der Waals surface area contributed by atoms with Gasteiger partial charge in [-0.2, -0.15) is 4.31 Å². The second-order valence-corrected chi connectivity index (χ2v) is 8.20. The Bertz CT molecular complexity index is 781. The zero-order valence-corrected chi connectivity index (χ0v) is 14.8. The maximum Gasteiger partial charge on any atom is 0.243 e. The summed E-state index contributed by atoms with van der Waals surface area (Å²) in [7, 11) is -3.48. The predicted octanol–water partition coefficient (Wildman–Crippen LogP) is 1.58. The number of hydrogen-bond donors (Lipinski definition) is 2. The number of morpholine rings is 1. The molecular formula is C15H19N3O4S2. The first-order valence-corrected chi connectivity index (χ1v) is 9.87. The van der Waals surface area contributed by atoms with E-state index in [1.54, 1.807) is 31.2 Å². The Morgan fingerprint density at radius 3 is 2.58 bits per heavy atom. The summed E-state index contributed by atoms with van der Waals surface area (Å²) in [5.74, 6) is 0. The molecule has 1 atom stereocenters. The number of nitrogens with zero attached hydrogens (tertiary/aromatic N) is 2. The van der Waals surface area contributed by atoms with Gasteiger partial charge in [-0.05, 0) is 19.1 Å². The molecule has 0 spiro atoms. The summed E-state index contributed by atoms with van der Waals surface area (Å²) in [6, 6.07) is 6.69. The number of ether oxygens (including phenoxy) is 1. The Kier molecular flexibility index (Phi) is 5.16. The number of aliphatic hydroxyl groups is 1. The number of aromatic nitrogens is 1. The molecule has 0 amide bonds. The average molecular weight is 369 g/mol. The van der Waals surface area contributed by atoms with Crippen molar-refractivity contribution in [1.29, 1.82) is 0 Å². The van der Waals surface area contributed by atoms with Gasteiger partial charge in [-0.3, -0.25) is 0 Å². The van der Waals surface area contributed by atoms with E-state index in [0.29, 0.717) is 31.4 Å². The van der Waals surface area contributed by atoms with Crippen LogP contribution < -0.4 is 5.32 Å². The summed E-state index contributed by atoms with van der Waals surface area (Å²) in [5.41, 5.74) is 1.56. The number of nitrogens with one attached hydrogen (secondary N) is 1. The van der Waals surface area contributed by atoms with Crippen LogP contribution in [0.3, 0.4) is 0 Å². The Morgan fingerprint density at radius 2 is 1.96 bits per heavy atom. The van der Waals surface area contributed by atoms with Crippen molar-refractivity contribution in [3.05, 3.63) is 29.6 Å². The van der Waals surface area contributed by atoms with E-state index in [1.165, 1.54) is 15.6 Å². The van der Waals surface area contributed by atoms with Crippen LogP contribution in [0.15, 0.2) is 34.5 Å². The highest BCUT2D eigenvalue weighted by atomic mass is 32.2. The number of sulfonamides is 1. The van der Waals surface area contributed by atoms with Crippen LogP contribution in [0.2, 0.25) is 0 Å². The van der Waals surface area contributed by atoms with E-state index in [0.717, 1.165) is 11.3 Å². The lowest BCUT2D eigenvalue weighted by atomic mass is 10.2. The van der Waals surface area contributed by atoms with Gasteiger partial charge < -0.3 is 15.2 Å². The van der Waals surface area contributed by atoms with Crippen molar-refractivity contribution in [2.24, 2.45) is 0 Å². The zero-order chi connectivity index (χ0) is 17.2. The van der Waals surface area contributed by atoms with Crippen molar-refractivity contribution < 1.29 is 18.3 Å². The molecule has 2 heterocycles. The van der Waals surface area contributed by atoms with E-state index in [4.69, 9.17) is 4.74 Å². The first-order valence-electron chi connectivity index (χ1n) is 7.55. The van der Waals surface area contributed by atoms with Crippen molar-refractivity contribution in [3.63, 3.8) is 0 Å². The first-order chi connectivity index (χ1) is 11.5. The SMILES string of the molecule is CC(O)Nc1nc(-c2ccc(S(=O)(=O)N3CCOCC3)cc2)cs1. The van der Waals surface area contributed by atoms with Crippen LogP contribution >= 0.6 is 11.3 Å². The normalized spacial score (nSPS) is 17.6. The molecule has 0 aliphatic carbocycles. The van der Waals surface area contributed by atoms with E-state index in [9.17, 15) is 13.5 Å². The van der Waals surface area contributed by atoms with E-state index in [-0.39, 0.29) is 4.90 Å². The van der Waals surface area contributed by atoms with Crippen molar-refractivity contribution in [1.82, 2.24) is 9.29 Å². The molecule has 7 nitrogen and oxygen atoms in total. The van der Waals surface area contributed by atoms with Crippen molar-refractivity contribution in [3.8, 4) is 11.3 Å². The molecule has 0 bridgehead atoms. The number of benzene rings is 1. The van der Waals surface area contributed by atoms with E-state index < -0.39 is 16.3 Å². The van der Waals surface area contributed by atoms with Crippen molar-refractivity contribution >= 4 is 26.5 Å². The quantitative estimate of drug-likeness (QED) is 0.778. The third-order valence-electron chi connectivity index (χ3n) is 3.59. The lowest BCUT2D eigenvalue weighted by Gasteiger charge is -2.26. The van der Waals surface area contributed by atoms with E-state index in [2.05, 4.69) is 10.3 Å². The highest BCUT2D eigenvalue weighted by Crippen LogP contribution is 2.27. The highest BCUT2D eigenvalue weighted by molar-refractivity contribution is 7.89. The third-order valence-corrected chi connectivity index (χ3v) is 6.28. The Labute approximate surface area is 145 Å². The van der Waals surface area contributed by atoms with Gasteiger partial charge in [0.05, 0.1) is 23.8 Å². The fourth-order valence-electron chi connectivity index (χ4n) is 2.39. The summed E-state index contributed by atoms with van der Waals surface area (Å²) in [5, 5.41) is 14.6. The minimum Gasteiger partial charge on any atom is -0.379 e. The lowest BCUT2D eigenvalue weighted by molar-refractivity contribution is 0.0730. The zero-order valence-electron chi connectivity index (χ0n) is 13.2. The molecule has 1 aromatic heterocycles. The predicted molar refractivity (Wildman–Crippen MR) is 92.4 cm³/mol. The van der Waals surface area contributed by atoms with Gasteiger partial charge in [-0.25, -0.2) is 13.4 Å². The summed E-state index contributed by atoms with van der Waals surface area (Å²) < 4.78 is 31.8. The van der Waals surface area contributed by atoms with Crippen LogP contribution in [0.4, 0.5) is 5.13 Å². The fraction of sp³-hybridized carbons (Fsp3) is 0.400. The number of aliphatic hydroxyl groups excluding tert-OH is 1. The topological polar surface area (TPSA) is 91.8 Å². The van der Waals surface area contributed by atoms with Gasteiger partial charge >= 0.3 is 0 Å². The summed E-state index contributed by atoms with van der Waals surface area (Å²) in [6.45, 7) is 3.23. The van der Waals surface area contributed by atoms with Crippen LogP contribution in [0.25, 0.3) is 11.3 Å². The Morgan fingerprint density at radius 1 is 1.29 bits per heavy atom. The van der Waals surface area contributed by atoms with Crippen LogP contribution in [-0.2, 0) is 14.8 Å². The number of thiazole rings is 1. The minimum absolute atomic E-state index is 0.269. The largest absolute Gasteiger partial charge is 0.379 e. The van der Waals surface area contributed by atoms with E-state index >= 15 is 0 Å². The number of hydrogen-bond acceptors (Lipinski definition) is 7. The van der Waals surface area contributed by atoms with Crippen LogP contribution in [0.1, 0.15) is 6.92 Å². The molecule has 2 aromatic rings. The monoisotopic (exact) mass is 369 g/mol. The molecule has 24 heavy (non-hydrogen) atoms. The number of rotatable bonds is 5. The van der Waals surface area contributed by atoms with Crippen LogP contribution in [-0.4, -0.2) is 55.3 Å². The molecular weight excluding hydrogens is 350 g/mol. The van der Waals surface area contributed by atoms with Crippen molar-refractivity contribution in [2.45, 2.75) is 18.0 Å². The summed E-state index contributed by atoms with van der Waals surface area (Å²) in [4.78, 5) is 4.64. The van der Waals surface area contributed by atoms with Crippen LogP contribution in [0, 0.1) is 0 Å². The van der Waals surface area contributed by atoms with Crippen molar-refractivity contribution in [2.75, 3.05) is 31.6 Å². The summed E-state index contributed by atoms with van der Waals surface area (Å²) in [6.07, 6.45) is -0.676. The molecule has 9 heteroatoms. The molecule has 1 unspecified atom stereocenters. The van der Waals surface area contributed by atoms with Gasteiger partial charge in [0.2, 0.25) is 10.0 Å². The van der Waals surface area contributed by atoms with E-state index in [1.807, 2.05) is 5.38 Å².